The third-order valence-corrected chi connectivity index (χ3v) is 3.83. The van der Waals surface area contributed by atoms with Crippen molar-refractivity contribution < 1.29 is 19.4 Å². The number of nitrogens with one attached hydrogen (secondary N) is 2. The van der Waals surface area contributed by atoms with Gasteiger partial charge in [0.15, 0.2) is 0 Å². The number of ether oxygens (including phenoxy) is 1. The van der Waals surface area contributed by atoms with Crippen LogP contribution in [0.25, 0.3) is 0 Å². The maximum atomic E-state index is 11.8. The van der Waals surface area contributed by atoms with Crippen LogP contribution in [-0.4, -0.2) is 30.2 Å². The molecular formula is C16H13Cl2N3O4. The lowest BCUT2D eigenvalue weighted by Gasteiger charge is -2.07. The van der Waals surface area contributed by atoms with Crippen molar-refractivity contribution in [3.8, 4) is 11.5 Å². The van der Waals surface area contributed by atoms with Crippen LogP contribution in [0.1, 0.15) is 5.56 Å². The second-order valence-electron chi connectivity index (χ2n) is 4.68. The van der Waals surface area contributed by atoms with Crippen LogP contribution in [0.4, 0.5) is 5.69 Å². The Labute approximate surface area is 153 Å². The third kappa shape index (κ3) is 4.85. The molecule has 2 rings (SSSR count). The molecule has 2 aromatic carbocycles. The van der Waals surface area contributed by atoms with Gasteiger partial charge in [-0.3, -0.25) is 9.59 Å². The number of aromatic hydroxyl groups is 1. The van der Waals surface area contributed by atoms with Crippen LogP contribution in [0.15, 0.2) is 41.5 Å². The predicted octanol–water partition coefficient (Wildman–Crippen LogP) is 2.80. The zero-order chi connectivity index (χ0) is 18.4. The van der Waals surface area contributed by atoms with Gasteiger partial charge in [0, 0.05) is 5.56 Å². The number of hydrazone groups is 1. The number of halogens is 2. The summed E-state index contributed by atoms with van der Waals surface area (Å²) in [5, 5.41) is 16.0. The summed E-state index contributed by atoms with van der Waals surface area (Å²) in [6.45, 7) is 0. The normalized spacial score (nSPS) is 10.5. The molecule has 0 unspecified atom stereocenters. The van der Waals surface area contributed by atoms with E-state index in [1.165, 1.54) is 31.5 Å². The quantitative estimate of drug-likeness (QED) is 0.430. The van der Waals surface area contributed by atoms with E-state index in [1.54, 1.807) is 18.2 Å². The Kier molecular flexibility index (Phi) is 6.21. The van der Waals surface area contributed by atoms with Crippen LogP contribution < -0.4 is 15.5 Å². The molecule has 0 spiro atoms. The molecule has 130 valence electrons. The smallest absolute Gasteiger partial charge is 0.329 e. The number of carbonyl (C=O) groups is 2. The Bertz CT molecular complexity index is 840. The van der Waals surface area contributed by atoms with Crippen molar-refractivity contribution >= 4 is 46.9 Å². The van der Waals surface area contributed by atoms with Gasteiger partial charge in [-0.2, -0.15) is 5.10 Å². The Morgan fingerprint density at radius 1 is 1.20 bits per heavy atom. The summed E-state index contributed by atoms with van der Waals surface area (Å²) in [5.41, 5.74) is 2.54. The molecule has 0 aromatic heterocycles. The first-order chi connectivity index (χ1) is 11.9. The highest BCUT2D eigenvalue weighted by Crippen LogP contribution is 2.29. The van der Waals surface area contributed by atoms with Crippen molar-refractivity contribution in [2.75, 3.05) is 12.4 Å². The predicted molar refractivity (Wildman–Crippen MR) is 95.5 cm³/mol. The molecule has 0 aliphatic heterocycles. The van der Waals surface area contributed by atoms with E-state index in [-0.39, 0.29) is 21.5 Å². The fourth-order valence-corrected chi connectivity index (χ4v) is 2.10. The number of rotatable bonds is 4. The van der Waals surface area contributed by atoms with Gasteiger partial charge in [0.2, 0.25) is 0 Å². The van der Waals surface area contributed by atoms with Crippen LogP contribution in [0, 0.1) is 0 Å². The standard InChI is InChI=1S/C16H13Cl2N3O4/c1-25-10-5-6-13(22)9(7-10)8-19-21-16(24)15(23)20-12-4-2-3-11(17)14(12)18/h2-8,22H,1H3,(H,20,23)(H,21,24). The van der Waals surface area contributed by atoms with Gasteiger partial charge in [-0.15, -0.1) is 0 Å². The molecule has 0 saturated heterocycles. The number of anilines is 1. The van der Waals surface area contributed by atoms with Crippen molar-refractivity contribution in [3.05, 3.63) is 52.0 Å². The average Bonchev–Trinajstić information content (AvgIpc) is 2.60. The Morgan fingerprint density at radius 3 is 2.68 bits per heavy atom. The molecule has 0 heterocycles. The number of phenols is 1. The highest BCUT2D eigenvalue weighted by Gasteiger charge is 2.15. The topological polar surface area (TPSA) is 100 Å². The fourth-order valence-electron chi connectivity index (χ4n) is 1.75. The number of phenolic OH excluding ortho intramolecular Hbond substituents is 1. The van der Waals surface area contributed by atoms with Gasteiger partial charge < -0.3 is 15.2 Å². The van der Waals surface area contributed by atoms with Gasteiger partial charge in [-0.25, -0.2) is 5.43 Å². The zero-order valence-electron chi connectivity index (χ0n) is 12.9. The van der Waals surface area contributed by atoms with Gasteiger partial charge in [-0.05, 0) is 30.3 Å². The summed E-state index contributed by atoms with van der Waals surface area (Å²) < 4.78 is 5.02. The van der Waals surface area contributed by atoms with E-state index in [0.29, 0.717) is 11.3 Å². The zero-order valence-corrected chi connectivity index (χ0v) is 14.4. The molecule has 2 amide bonds. The lowest BCUT2D eigenvalue weighted by Crippen LogP contribution is -2.32. The number of carbonyl (C=O) groups excluding carboxylic acids is 2. The first-order valence-corrected chi connectivity index (χ1v) is 7.63. The molecule has 3 N–H and O–H groups in total. The maximum Gasteiger partial charge on any atom is 0.329 e. The van der Waals surface area contributed by atoms with E-state index in [0.717, 1.165) is 0 Å². The molecule has 0 atom stereocenters. The van der Waals surface area contributed by atoms with E-state index >= 15 is 0 Å². The molecule has 2 aromatic rings. The van der Waals surface area contributed by atoms with E-state index in [4.69, 9.17) is 27.9 Å². The number of nitrogens with zero attached hydrogens (tertiary/aromatic N) is 1. The molecule has 25 heavy (non-hydrogen) atoms. The Balaban J connectivity index is 2.00. The average molecular weight is 382 g/mol. The number of benzene rings is 2. The van der Waals surface area contributed by atoms with Crippen LogP contribution in [-0.2, 0) is 9.59 Å². The van der Waals surface area contributed by atoms with E-state index < -0.39 is 11.8 Å². The highest BCUT2D eigenvalue weighted by molar-refractivity contribution is 6.45. The van der Waals surface area contributed by atoms with Crippen molar-refractivity contribution in [1.29, 1.82) is 0 Å². The van der Waals surface area contributed by atoms with E-state index in [2.05, 4.69) is 10.4 Å². The minimum atomic E-state index is -1.02. The molecular weight excluding hydrogens is 369 g/mol. The third-order valence-electron chi connectivity index (χ3n) is 3.01. The molecule has 0 bridgehead atoms. The molecule has 0 radical (unpaired) electrons. The monoisotopic (exact) mass is 381 g/mol. The molecule has 0 aliphatic carbocycles. The van der Waals surface area contributed by atoms with Crippen LogP contribution in [0.2, 0.25) is 10.0 Å². The number of amides is 2. The van der Waals surface area contributed by atoms with Crippen molar-refractivity contribution in [2.24, 2.45) is 5.10 Å². The Morgan fingerprint density at radius 2 is 1.96 bits per heavy atom. The van der Waals surface area contributed by atoms with Crippen LogP contribution >= 0.6 is 23.2 Å². The van der Waals surface area contributed by atoms with Crippen molar-refractivity contribution in [1.82, 2.24) is 5.43 Å². The molecule has 9 heteroatoms. The van der Waals surface area contributed by atoms with Gasteiger partial charge in [0.1, 0.15) is 11.5 Å². The summed E-state index contributed by atoms with van der Waals surface area (Å²) >= 11 is 11.8. The first kappa shape index (κ1) is 18.6. The second kappa shape index (κ2) is 8.36. The van der Waals surface area contributed by atoms with E-state index in [9.17, 15) is 14.7 Å². The summed E-state index contributed by atoms with van der Waals surface area (Å²) in [4.78, 5) is 23.6. The molecule has 7 nitrogen and oxygen atoms in total. The largest absolute Gasteiger partial charge is 0.507 e. The molecule has 0 saturated carbocycles. The summed E-state index contributed by atoms with van der Waals surface area (Å²) in [6.07, 6.45) is 1.18. The molecule has 0 aliphatic rings. The van der Waals surface area contributed by atoms with Gasteiger partial charge in [0.05, 0.1) is 29.1 Å². The first-order valence-electron chi connectivity index (χ1n) is 6.87. The molecule has 0 fully saturated rings. The van der Waals surface area contributed by atoms with Gasteiger partial charge >= 0.3 is 11.8 Å². The lowest BCUT2D eigenvalue weighted by molar-refractivity contribution is -0.136. The maximum absolute atomic E-state index is 11.8. The van der Waals surface area contributed by atoms with Crippen molar-refractivity contribution in [3.63, 3.8) is 0 Å². The Hall–Kier alpha value is -2.77. The summed E-state index contributed by atoms with van der Waals surface area (Å²) in [7, 11) is 1.47. The van der Waals surface area contributed by atoms with Crippen LogP contribution in [0.3, 0.4) is 0 Å². The number of hydrogen-bond acceptors (Lipinski definition) is 5. The fraction of sp³-hybridized carbons (Fsp3) is 0.0625. The van der Waals surface area contributed by atoms with Crippen molar-refractivity contribution in [2.45, 2.75) is 0 Å². The SMILES string of the molecule is COc1ccc(O)c(C=NNC(=O)C(=O)Nc2cccc(Cl)c2Cl)c1. The minimum Gasteiger partial charge on any atom is -0.507 e. The summed E-state index contributed by atoms with van der Waals surface area (Å²) in [6, 6.07) is 9.10. The van der Waals surface area contributed by atoms with Gasteiger partial charge in [-0.1, -0.05) is 29.3 Å². The van der Waals surface area contributed by atoms with Gasteiger partial charge in [0.25, 0.3) is 0 Å². The van der Waals surface area contributed by atoms with E-state index in [1.807, 2.05) is 5.43 Å². The lowest BCUT2D eigenvalue weighted by atomic mass is 10.2. The minimum absolute atomic E-state index is 0.0611. The number of methoxy groups -OCH3 is 1. The second-order valence-corrected chi connectivity index (χ2v) is 5.46. The highest BCUT2D eigenvalue weighted by atomic mass is 35.5. The number of hydrogen-bond donors (Lipinski definition) is 3. The van der Waals surface area contributed by atoms with Crippen LogP contribution in [0.5, 0.6) is 11.5 Å². The summed E-state index contributed by atoms with van der Waals surface area (Å²) in [5.74, 6) is -1.56.